The van der Waals surface area contributed by atoms with Gasteiger partial charge in [0.05, 0.1) is 0 Å². The van der Waals surface area contributed by atoms with Crippen molar-refractivity contribution in [2.75, 3.05) is 19.6 Å². The van der Waals surface area contributed by atoms with E-state index in [0.29, 0.717) is 25.6 Å². The summed E-state index contributed by atoms with van der Waals surface area (Å²) in [7, 11) is 0. The highest BCUT2D eigenvalue weighted by atomic mass is 32.1. The van der Waals surface area contributed by atoms with E-state index in [2.05, 4.69) is 5.32 Å². The summed E-state index contributed by atoms with van der Waals surface area (Å²) in [6.45, 7) is 9.56. The van der Waals surface area contributed by atoms with Crippen molar-refractivity contribution >= 4 is 23.5 Å². The van der Waals surface area contributed by atoms with E-state index in [4.69, 9.17) is 14.5 Å². The van der Waals surface area contributed by atoms with E-state index >= 15 is 0 Å². The van der Waals surface area contributed by atoms with Crippen LogP contribution in [-0.2, 0) is 21.5 Å². The van der Waals surface area contributed by atoms with E-state index in [9.17, 15) is 9.59 Å². The highest BCUT2D eigenvalue weighted by Gasteiger charge is 2.68. The van der Waals surface area contributed by atoms with Crippen molar-refractivity contribution in [1.29, 1.82) is 0 Å². The molecule has 2 aliphatic rings. The molecular weight excluding hydrogens is 426 g/mol. The second-order valence-electron chi connectivity index (χ2n) is 9.68. The molecule has 1 aliphatic carbocycles. The van der Waals surface area contributed by atoms with E-state index in [1.807, 2.05) is 63.4 Å². The number of alkyl carbamates (subject to hydrolysis) is 1. The van der Waals surface area contributed by atoms with Crippen LogP contribution in [0.3, 0.4) is 0 Å². The average molecular weight is 458 g/mol. The van der Waals surface area contributed by atoms with Crippen molar-refractivity contribution in [2.24, 2.45) is 11.8 Å². The monoisotopic (exact) mass is 457 g/mol. The Hall–Kier alpha value is -2.61. The van der Waals surface area contributed by atoms with Gasteiger partial charge in [-0.1, -0.05) is 30.3 Å². The predicted molar refractivity (Wildman–Crippen MR) is 123 cm³/mol. The molecule has 1 N–H and O–H groups in total. The first-order valence-electron chi connectivity index (χ1n) is 11.0. The maximum absolute atomic E-state index is 12.6. The highest BCUT2D eigenvalue weighted by Crippen LogP contribution is 2.63. The van der Waals surface area contributed by atoms with Gasteiger partial charge in [0.15, 0.2) is 0 Å². The highest BCUT2D eigenvalue weighted by molar-refractivity contribution is 7.09. The Kier molecular flexibility index (Phi) is 6.16. The van der Waals surface area contributed by atoms with E-state index in [1.54, 1.807) is 16.2 Å². The van der Waals surface area contributed by atoms with Gasteiger partial charge < -0.3 is 19.7 Å². The zero-order valence-corrected chi connectivity index (χ0v) is 19.9. The molecule has 2 fully saturated rings. The number of hydrogen-bond acceptors (Lipinski definition) is 6. The molecular formula is C24H31N3O4S. The number of aryl methyl sites for hydroxylation is 1. The minimum Gasteiger partial charge on any atom is -0.445 e. The summed E-state index contributed by atoms with van der Waals surface area (Å²) in [5.41, 5.74) is 1.14. The molecule has 1 aliphatic heterocycles. The van der Waals surface area contributed by atoms with E-state index in [1.165, 1.54) is 0 Å². The van der Waals surface area contributed by atoms with Crippen LogP contribution < -0.4 is 5.32 Å². The quantitative estimate of drug-likeness (QED) is 0.715. The lowest BCUT2D eigenvalue weighted by Gasteiger charge is -2.29. The number of nitrogens with zero attached hydrogens (tertiary/aromatic N) is 2. The number of amides is 2. The molecule has 1 saturated heterocycles. The maximum Gasteiger partial charge on any atom is 0.410 e. The fraction of sp³-hybridized carbons (Fsp3) is 0.542. The molecule has 3 atom stereocenters. The van der Waals surface area contributed by atoms with Gasteiger partial charge in [0, 0.05) is 36.1 Å². The van der Waals surface area contributed by atoms with Gasteiger partial charge in [-0.3, -0.25) is 0 Å². The molecule has 2 aromatic rings. The van der Waals surface area contributed by atoms with Crippen LogP contribution in [0, 0.1) is 18.8 Å². The average Bonchev–Trinajstić information content (AvgIpc) is 3.19. The summed E-state index contributed by atoms with van der Waals surface area (Å²) in [5, 5.41) is 6.04. The second kappa shape index (κ2) is 8.73. The molecule has 1 aromatic carbocycles. The third-order valence-electron chi connectivity index (χ3n) is 6.23. The van der Waals surface area contributed by atoms with Crippen LogP contribution in [0.2, 0.25) is 0 Å². The van der Waals surface area contributed by atoms with Gasteiger partial charge >= 0.3 is 12.2 Å². The standard InChI is InChI=1S/C24H31N3O4S/c1-16-14-32-20(26-16)24(15-25-21(28)30-13-17-8-6-5-7-9-17)18-10-11-27(12-19(18)24)22(29)31-23(2,3)4/h5-9,14,18-19H,10-13,15H2,1-4H3,(H,25,28). The summed E-state index contributed by atoms with van der Waals surface area (Å²) >= 11 is 1.63. The van der Waals surface area contributed by atoms with Crippen molar-refractivity contribution in [1.82, 2.24) is 15.2 Å². The topological polar surface area (TPSA) is 80.8 Å². The first kappa shape index (κ1) is 22.6. The molecule has 0 spiro atoms. The minimum atomic E-state index is -0.523. The van der Waals surface area contributed by atoms with Gasteiger partial charge in [-0.15, -0.1) is 11.3 Å². The number of aromatic nitrogens is 1. The molecule has 1 aromatic heterocycles. The van der Waals surface area contributed by atoms with Gasteiger partial charge in [0.25, 0.3) is 0 Å². The Bertz CT molecular complexity index is 971. The fourth-order valence-electron chi connectivity index (χ4n) is 4.68. The lowest BCUT2D eigenvalue weighted by Crippen LogP contribution is -2.41. The molecule has 4 rings (SSSR count). The minimum absolute atomic E-state index is 0.231. The molecule has 7 nitrogen and oxygen atoms in total. The number of carbonyl (C=O) groups excluding carboxylic acids is 2. The first-order valence-corrected chi connectivity index (χ1v) is 11.9. The van der Waals surface area contributed by atoms with Crippen molar-refractivity contribution < 1.29 is 19.1 Å². The number of hydrogen-bond donors (Lipinski definition) is 1. The van der Waals surface area contributed by atoms with Crippen LogP contribution in [0.5, 0.6) is 0 Å². The Morgan fingerprint density at radius 3 is 2.66 bits per heavy atom. The molecule has 32 heavy (non-hydrogen) atoms. The molecule has 0 bridgehead atoms. The largest absolute Gasteiger partial charge is 0.445 e. The summed E-state index contributed by atoms with van der Waals surface area (Å²) in [6, 6.07) is 9.61. The summed E-state index contributed by atoms with van der Waals surface area (Å²) in [5.74, 6) is 0.616. The normalized spacial score (nSPS) is 24.4. The summed E-state index contributed by atoms with van der Waals surface area (Å²) in [6.07, 6.45) is 0.153. The maximum atomic E-state index is 12.6. The number of carbonyl (C=O) groups is 2. The second-order valence-corrected chi connectivity index (χ2v) is 10.5. The van der Waals surface area contributed by atoms with Gasteiger partial charge in [0.1, 0.15) is 17.2 Å². The number of fused-ring (bicyclic) bond motifs is 1. The molecule has 2 heterocycles. The Balaban J connectivity index is 1.42. The number of benzene rings is 1. The molecule has 8 heteroatoms. The van der Waals surface area contributed by atoms with Crippen LogP contribution in [0.4, 0.5) is 9.59 Å². The fourth-order valence-corrected chi connectivity index (χ4v) is 5.81. The van der Waals surface area contributed by atoms with Crippen molar-refractivity contribution in [2.45, 2.75) is 51.7 Å². The van der Waals surface area contributed by atoms with Gasteiger partial charge in [0.2, 0.25) is 0 Å². The number of rotatable bonds is 5. The lowest BCUT2D eigenvalue weighted by atomic mass is 10.0. The zero-order chi connectivity index (χ0) is 22.9. The molecule has 1 saturated carbocycles. The van der Waals surface area contributed by atoms with Gasteiger partial charge in [-0.2, -0.15) is 0 Å². The SMILES string of the molecule is Cc1csc(C2(CNC(=O)OCc3ccccc3)C3CCN(C(=O)OC(C)(C)C)CC32)n1. The molecule has 2 amide bonds. The van der Waals surface area contributed by atoms with Gasteiger partial charge in [-0.05, 0) is 51.5 Å². The Morgan fingerprint density at radius 1 is 1.25 bits per heavy atom. The van der Waals surface area contributed by atoms with E-state index in [-0.39, 0.29) is 24.0 Å². The predicted octanol–water partition coefficient (Wildman–Crippen LogP) is 4.50. The molecule has 172 valence electrons. The Morgan fingerprint density at radius 2 is 2.00 bits per heavy atom. The molecule has 0 radical (unpaired) electrons. The van der Waals surface area contributed by atoms with E-state index in [0.717, 1.165) is 22.7 Å². The van der Waals surface area contributed by atoms with Crippen LogP contribution >= 0.6 is 11.3 Å². The third-order valence-corrected chi connectivity index (χ3v) is 7.39. The van der Waals surface area contributed by atoms with Crippen LogP contribution in [0.1, 0.15) is 43.5 Å². The number of ether oxygens (including phenoxy) is 2. The summed E-state index contributed by atoms with van der Waals surface area (Å²) < 4.78 is 11.0. The van der Waals surface area contributed by atoms with Crippen molar-refractivity contribution in [3.05, 3.63) is 52.0 Å². The number of likely N-dealkylation sites (tertiary alicyclic amines) is 1. The van der Waals surface area contributed by atoms with Crippen molar-refractivity contribution in [3.63, 3.8) is 0 Å². The first-order chi connectivity index (χ1) is 15.2. The van der Waals surface area contributed by atoms with E-state index < -0.39 is 11.7 Å². The van der Waals surface area contributed by atoms with Crippen LogP contribution in [0.15, 0.2) is 35.7 Å². The third kappa shape index (κ3) is 4.75. The molecule has 3 unspecified atom stereocenters. The Labute approximate surface area is 193 Å². The number of nitrogens with one attached hydrogen (secondary N) is 1. The number of thiazole rings is 1. The smallest absolute Gasteiger partial charge is 0.410 e. The summed E-state index contributed by atoms with van der Waals surface area (Å²) in [4.78, 5) is 31.6. The van der Waals surface area contributed by atoms with Crippen molar-refractivity contribution in [3.8, 4) is 0 Å². The van der Waals surface area contributed by atoms with Crippen LogP contribution in [-0.4, -0.2) is 47.3 Å². The number of piperidine rings is 1. The zero-order valence-electron chi connectivity index (χ0n) is 19.1. The van der Waals surface area contributed by atoms with Gasteiger partial charge in [-0.25, -0.2) is 14.6 Å². The van der Waals surface area contributed by atoms with Crippen LogP contribution in [0.25, 0.3) is 0 Å². The lowest BCUT2D eigenvalue weighted by molar-refractivity contribution is 0.0206.